The van der Waals surface area contributed by atoms with Crippen molar-refractivity contribution in [3.63, 3.8) is 0 Å². The molecule has 0 fully saturated rings. The van der Waals surface area contributed by atoms with E-state index in [4.69, 9.17) is 14.6 Å². The fourth-order valence-electron chi connectivity index (χ4n) is 2.12. The molecule has 1 unspecified atom stereocenters. The summed E-state index contributed by atoms with van der Waals surface area (Å²) >= 11 is 0. The monoisotopic (exact) mass is 265 g/mol. The molecule has 0 bridgehead atoms. The van der Waals surface area contributed by atoms with Crippen molar-refractivity contribution in [1.29, 1.82) is 0 Å². The van der Waals surface area contributed by atoms with Crippen LogP contribution >= 0.6 is 0 Å². The first-order valence-electron chi connectivity index (χ1n) is 7.03. The summed E-state index contributed by atoms with van der Waals surface area (Å²) in [6.07, 6.45) is 1.96. The Morgan fingerprint density at radius 3 is 2.79 bits per heavy atom. The van der Waals surface area contributed by atoms with E-state index in [0.29, 0.717) is 19.1 Å². The van der Waals surface area contributed by atoms with Gasteiger partial charge in [-0.3, -0.25) is 0 Å². The first-order valence-corrected chi connectivity index (χ1v) is 7.03. The van der Waals surface area contributed by atoms with Crippen LogP contribution in [-0.4, -0.2) is 38.0 Å². The molecule has 4 heteroatoms. The molecule has 2 rings (SSSR count). The fourth-order valence-corrected chi connectivity index (χ4v) is 2.12. The molecule has 1 atom stereocenters. The van der Waals surface area contributed by atoms with Crippen LogP contribution in [0.2, 0.25) is 0 Å². The summed E-state index contributed by atoms with van der Waals surface area (Å²) in [4.78, 5) is 0. The van der Waals surface area contributed by atoms with E-state index in [1.54, 1.807) is 0 Å². The van der Waals surface area contributed by atoms with Gasteiger partial charge in [-0.2, -0.15) is 0 Å². The molecule has 0 radical (unpaired) electrons. The molecule has 1 aliphatic rings. The molecule has 4 nitrogen and oxygen atoms in total. The van der Waals surface area contributed by atoms with E-state index in [1.807, 2.05) is 6.07 Å². The molecule has 1 aromatic carbocycles. The molecule has 1 aromatic rings. The Labute approximate surface area is 114 Å². The van der Waals surface area contributed by atoms with Gasteiger partial charge in [-0.25, -0.2) is 0 Å². The second kappa shape index (κ2) is 7.36. The van der Waals surface area contributed by atoms with E-state index in [1.165, 1.54) is 5.56 Å². The first-order chi connectivity index (χ1) is 9.33. The Hall–Kier alpha value is -1.26. The fraction of sp³-hybridized carbons (Fsp3) is 0.600. The molecular weight excluding hydrogens is 242 g/mol. The number of nitrogens with one attached hydrogen (secondary N) is 1. The molecule has 2 N–H and O–H groups in total. The van der Waals surface area contributed by atoms with Crippen LogP contribution in [0.15, 0.2) is 18.2 Å². The Kier molecular flexibility index (Phi) is 5.48. The van der Waals surface area contributed by atoms with Crippen LogP contribution < -0.4 is 14.8 Å². The van der Waals surface area contributed by atoms with Crippen molar-refractivity contribution in [3.8, 4) is 11.5 Å². The van der Waals surface area contributed by atoms with Crippen LogP contribution in [-0.2, 0) is 6.42 Å². The maximum atomic E-state index is 9.10. The van der Waals surface area contributed by atoms with E-state index in [0.717, 1.165) is 37.4 Å². The molecule has 0 spiro atoms. The smallest absolute Gasteiger partial charge is 0.161 e. The molecule has 0 saturated heterocycles. The topological polar surface area (TPSA) is 50.7 Å². The number of hydrogen-bond donors (Lipinski definition) is 2. The third-order valence-electron chi connectivity index (χ3n) is 3.47. The van der Waals surface area contributed by atoms with Gasteiger partial charge in [0, 0.05) is 13.2 Å². The van der Waals surface area contributed by atoms with Crippen LogP contribution in [0, 0.1) is 5.92 Å². The van der Waals surface area contributed by atoms with Crippen LogP contribution in [0.25, 0.3) is 0 Å². The molecule has 0 aromatic heterocycles. The highest BCUT2D eigenvalue weighted by molar-refractivity contribution is 5.43. The Morgan fingerprint density at radius 1 is 1.26 bits per heavy atom. The Bertz CT molecular complexity index is 391. The standard InChI is InChI=1S/C15H23NO3/c1-2-12(11-17)10-16-6-5-13-3-4-14-15(9-13)19-8-7-18-14/h3-4,9,12,16-17H,2,5-8,10-11H2,1H3. The van der Waals surface area contributed by atoms with Gasteiger partial charge >= 0.3 is 0 Å². The lowest BCUT2D eigenvalue weighted by Gasteiger charge is -2.19. The van der Waals surface area contributed by atoms with Crippen molar-refractivity contribution in [1.82, 2.24) is 5.32 Å². The minimum absolute atomic E-state index is 0.257. The zero-order valence-electron chi connectivity index (χ0n) is 11.5. The van der Waals surface area contributed by atoms with E-state index in [9.17, 15) is 0 Å². The zero-order chi connectivity index (χ0) is 13.5. The molecule has 0 saturated carbocycles. The van der Waals surface area contributed by atoms with Crippen LogP contribution in [0.4, 0.5) is 0 Å². The number of benzene rings is 1. The molecule has 1 heterocycles. The SMILES string of the molecule is CCC(CO)CNCCc1ccc2c(c1)OCCO2. The lowest BCUT2D eigenvalue weighted by atomic mass is 10.1. The highest BCUT2D eigenvalue weighted by Gasteiger charge is 2.11. The van der Waals surface area contributed by atoms with Gasteiger partial charge in [0.15, 0.2) is 11.5 Å². The Balaban J connectivity index is 1.77. The average Bonchev–Trinajstić information content (AvgIpc) is 2.47. The number of ether oxygens (including phenoxy) is 2. The average molecular weight is 265 g/mol. The van der Waals surface area contributed by atoms with Crippen LogP contribution in [0.1, 0.15) is 18.9 Å². The number of aliphatic hydroxyl groups excluding tert-OH is 1. The van der Waals surface area contributed by atoms with E-state index in [-0.39, 0.29) is 6.61 Å². The minimum Gasteiger partial charge on any atom is -0.486 e. The van der Waals surface area contributed by atoms with Gasteiger partial charge in [0.05, 0.1) is 0 Å². The maximum Gasteiger partial charge on any atom is 0.161 e. The second-order valence-electron chi connectivity index (χ2n) is 4.89. The van der Waals surface area contributed by atoms with E-state index < -0.39 is 0 Å². The van der Waals surface area contributed by atoms with Crippen molar-refractivity contribution in [3.05, 3.63) is 23.8 Å². The van der Waals surface area contributed by atoms with Gasteiger partial charge in [0.1, 0.15) is 13.2 Å². The highest BCUT2D eigenvalue weighted by Crippen LogP contribution is 2.30. The molecular formula is C15H23NO3. The van der Waals surface area contributed by atoms with Gasteiger partial charge in [-0.15, -0.1) is 0 Å². The quantitative estimate of drug-likeness (QED) is 0.735. The van der Waals surface area contributed by atoms with Crippen molar-refractivity contribution < 1.29 is 14.6 Å². The van der Waals surface area contributed by atoms with Gasteiger partial charge in [0.25, 0.3) is 0 Å². The van der Waals surface area contributed by atoms with Crippen LogP contribution in [0.3, 0.4) is 0 Å². The molecule has 19 heavy (non-hydrogen) atoms. The van der Waals surface area contributed by atoms with Crippen molar-refractivity contribution in [2.75, 3.05) is 32.9 Å². The van der Waals surface area contributed by atoms with E-state index >= 15 is 0 Å². The van der Waals surface area contributed by atoms with Crippen molar-refractivity contribution in [2.24, 2.45) is 5.92 Å². The maximum absolute atomic E-state index is 9.10. The predicted molar refractivity (Wildman–Crippen MR) is 74.9 cm³/mol. The molecule has 0 amide bonds. The normalized spacial score (nSPS) is 15.3. The summed E-state index contributed by atoms with van der Waals surface area (Å²) in [5, 5.41) is 12.5. The summed E-state index contributed by atoms with van der Waals surface area (Å²) in [5.41, 5.74) is 1.24. The summed E-state index contributed by atoms with van der Waals surface area (Å²) in [6, 6.07) is 6.12. The van der Waals surface area contributed by atoms with Crippen LogP contribution in [0.5, 0.6) is 11.5 Å². The van der Waals surface area contributed by atoms with Gasteiger partial charge in [-0.1, -0.05) is 13.0 Å². The van der Waals surface area contributed by atoms with Crippen molar-refractivity contribution >= 4 is 0 Å². The summed E-state index contributed by atoms with van der Waals surface area (Å²) in [6.45, 7) is 5.40. The third kappa shape index (κ3) is 4.11. The summed E-state index contributed by atoms with van der Waals surface area (Å²) in [5.74, 6) is 2.06. The third-order valence-corrected chi connectivity index (χ3v) is 3.47. The van der Waals surface area contributed by atoms with Gasteiger partial charge < -0.3 is 19.9 Å². The van der Waals surface area contributed by atoms with Crippen molar-refractivity contribution in [2.45, 2.75) is 19.8 Å². The zero-order valence-corrected chi connectivity index (χ0v) is 11.5. The summed E-state index contributed by atoms with van der Waals surface area (Å²) < 4.78 is 11.1. The number of fused-ring (bicyclic) bond motifs is 1. The second-order valence-corrected chi connectivity index (χ2v) is 4.89. The van der Waals surface area contributed by atoms with Gasteiger partial charge in [-0.05, 0) is 43.0 Å². The first kappa shape index (κ1) is 14.2. The molecule has 106 valence electrons. The summed E-state index contributed by atoms with van der Waals surface area (Å²) in [7, 11) is 0. The van der Waals surface area contributed by atoms with Gasteiger partial charge in [0.2, 0.25) is 0 Å². The predicted octanol–water partition coefficient (Wildman–Crippen LogP) is 1.61. The minimum atomic E-state index is 0.257. The number of aliphatic hydroxyl groups is 1. The number of hydrogen-bond acceptors (Lipinski definition) is 4. The molecule has 0 aliphatic carbocycles. The lowest BCUT2D eigenvalue weighted by molar-refractivity contribution is 0.171. The Morgan fingerprint density at radius 2 is 2.05 bits per heavy atom. The van der Waals surface area contributed by atoms with E-state index in [2.05, 4.69) is 24.4 Å². The highest BCUT2D eigenvalue weighted by atomic mass is 16.6. The largest absolute Gasteiger partial charge is 0.486 e. The lowest BCUT2D eigenvalue weighted by Crippen LogP contribution is -2.26. The molecule has 1 aliphatic heterocycles. The number of rotatable bonds is 7.